The van der Waals surface area contributed by atoms with Crippen LogP contribution in [0.25, 0.3) is 10.2 Å². The van der Waals surface area contributed by atoms with Crippen LogP contribution in [0.2, 0.25) is 0 Å². The minimum atomic E-state index is -0.223. The van der Waals surface area contributed by atoms with E-state index in [1.807, 2.05) is 56.3 Å². The van der Waals surface area contributed by atoms with Crippen molar-refractivity contribution in [2.24, 2.45) is 0 Å². The Morgan fingerprint density at radius 3 is 2.62 bits per heavy atom. The van der Waals surface area contributed by atoms with Crippen molar-refractivity contribution in [1.29, 1.82) is 0 Å². The van der Waals surface area contributed by atoms with Gasteiger partial charge in [0.15, 0.2) is 5.13 Å². The average molecular weight is 426 g/mol. The number of methoxy groups -OCH3 is 1. The number of rotatable bonds is 6. The van der Waals surface area contributed by atoms with Crippen molar-refractivity contribution < 1.29 is 14.3 Å². The molecule has 0 aliphatic carbocycles. The molecule has 0 bridgehead atoms. The quantitative estimate of drug-likeness (QED) is 0.459. The Labute approximate surface area is 176 Å². The van der Waals surface area contributed by atoms with Gasteiger partial charge in [-0.2, -0.15) is 0 Å². The molecule has 6 nitrogen and oxygen atoms in total. The summed E-state index contributed by atoms with van der Waals surface area (Å²) in [5.41, 5.74) is 2.59. The number of hydrogen-bond acceptors (Lipinski definition) is 7. The predicted molar refractivity (Wildman–Crippen MR) is 116 cm³/mol. The number of aromatic nitrogens is 2. The molecule has 2 aromatic carbocycles. The van der Waals surface area contributed by atoms with Crippen LogP contribution >= 0.6 is 22.7 Å². The number of hydrogen-bond donors (Lipinski definition) is 1. The van der Waals surface area contributed by atoms with Crippen LogP contribution in [-0.4, -0.2) is 23.0 Å². The summed E-state index contributed by atoms with van der Waals surface area (Å²) < 4.78 is 12.1. The van der Waals surface area contributed by atoms with Gasteiger partial charge in [-0.1, -0.05) is 35.1 Å². The number of ether oxygens (including phenoxy) is 2. The second kappa shape index (κ2) is 8.18. The van der Waals surface area contributed by atoms with Crippen molar-refractivity contribution in [3.63, 3.8) is 0 Å². The number of para-hydroxylation sites is 1. The maximum Gasteiger partial charge on any atom is 0.269 e. The first-order valence-electron chi connectivity index (χ1n) is 8.94. The molecule has 0 saturated heterocycles. The number of thiazole rings is 2. The Balaban J connectivity index is 1.47. The second-order valence-corrected chi connectivity index (χ2v) is 8.52. The van der Waals surface area contributed by atoms with Gasteiger partial charge in [-0.3, -0.25) is 10.1 Å². The summed E-state index contributed by atoms with van der Waals surface area (Å²) in [5, 5.41) is 4.15. The van der Waals surface area contributed by atoms with E-state index in [4.69, 9.17) is 9.47 Å². The van der Waals surface area contributed by atoms with Gasteiger partial charge in [0, 0.05) is 0 Å². The topological polar surface area (TPSA) is 73.3 Å². The smallest absolute Gasteiger partial charge is 0.269 e. The fraction of sp³-hybridized carbons (Fsp3) is 0.190. The van der Waals surface area contributed by atoms with Crippen molar-refractivity contribution >= 4 is 43.9 Å². The molecule has 0 fully saturated rings. The van der Waals surface area contributed by atoms with Crippen molar-refractivity contribution in [2.75, 3.05) is 12.4 Å². The van der Waals surface area contributed by atoms with Gasteiger partial charge in [0.2, 0.25) is 0 Å². The molecule has 0 aliphatic rings. The first kappa shape index (κ1) is 19.4. The van der Waals surface area contributed by atoms with Crippen molar-refractivity contribution in [1.82, 2.24) is 9.97 Å². The zero-order chi connectivity index (χ0) is 20.4. The molecule has 0 saturated carbocycles. The molecule has 0 atom stereocenters. The summed E-state index contributed by atoms with van der Waals surface area (Å²) in [5.74, 6) is 1.24. The Morgan fingerprint density at radius 1 is 1.07 bits per heavy atom. The van der Waals surface area contributed by atoms with Gasteiger partial charge in [0.1, 0.15) is 33.5 Å². The summed E-state index contributed by atoms with van der Waals surface area (Å²) in [6, 6.07) is 13.5. The monoisotopic (exact) mass is 425 g/mol. The number of nitrogens with zero attached hydrogens (tertiary/aromatic N) is 2. The van der Waals surface area contributed by atoms with Crippen LogP contribution in [0.5, 0.6) is 11.5 Å². The van der Waals surface area contributed by atoms with Crippen LogP contribution in [0.4, 0.5) is 5.13 Å². The lowest BCUT2D eigenvalue weighted by Gasteiger charge is -2.03. The van der Waals surface area contributed by atoms with Crippen LogP contribution in [0.1, 0.15) is 25.9 Å². The number of carbonyl (C=O) groups excluding carboxylic acids is 1. The molecule has 2 aromatic heterocycles. The van der Waals surface area contributed by atoms with E-state index in [0.29, 0.717) is 28.1 Å². The van der Waals surface area contributed by atoms with E-state index >= 15 is 0 Å². The van der Waals surface area contributed by atoms with Crippen LogP contribution in [-0.2, 0) is 6.61 Å². The highest BCUT2D eigenvalue weighted by Gasteiger charge is 2.18. The minimum Gasteiger partial charge on any atom is -0.494 e. The third kappa shape index (κ3) is 4.23. The van der Waals surface area contributed by atoms with Gasteiger partial charge >= 0.3 is 0 Å². The third-order valence-electron chi connectivity index (χ3n) is 4.25. The number of nitrogens with one attached hydrogen (secondary N) is 1. The van der Waals surface area contributed by atoms with Crippen LogP contribution in [0.3, 0.4) is 0 Å². The van der Waals surface area contributed by atoms with E-state index in [1.165, 1.54) is 28.2 Å². The predicted octanol–water partition coefficient (Wildman–Crippen LogP) is 5.21. The maximum atomic E-state index is 12.7. The molecule has 0 unspecified atom stereocenters. The fourth-order valence-electron chi connectivity index (χ4n) is 2.80. The Morgan fingerprint density at radius 2 is 1.86 bits per heavy atom. The number of anilines is 1. The van der Waals surface area contributed by atoms with Gasteiger partial charge in [-0.15, -0.1) is 11.3 Å². The molecule has 1 N–H and O–H groups in total. The molecule has 148 valence electrons. The number of amides is 1. The zero-order valence-corrected chi connectivity index (χ0v) is 17.8. The number of fused-ring (bicyclic) bond motifs is 1. The van der Waals surface area contributed by atoms with Gasteiger partial charge in [0.05, 0.1) is 17.5 Å². The second-order valence-electron chi connectivity index (χ2n) is 6.40. The van der Waals surface area contributed by atoms with Gasteiger partial charge < -0.3 is 9.47 Å². The molecular formula is C21H19N3O3S2. The summed E-state index contributed by atoms with van der Waals surface area (Å²) in [6.07, 6.45) is 0. The van der Waals surface area contributed by atoms with E-state index < -0.39 is 0 Å². The van der Waals surface area contributed by atoms with Crippen LogP contribution in [0, 0.1) is 13.8 Å². The normalized spacial score (nSPS) is 10.9. The molecule has 8 heteroatoms. The summed E-state index contributed by atoms with van der Waals surface area (Å²) in [4.78, 5) is 22.3. The Kier molecular flexibility index (Phi) is 5.46. The van der Waals surface area contributed by atoms with Crippen molar-refractivity contribution in [3.8, 4) is 11.5 Å². The number of benzene rings is 2. The van der Waals surface area contributed by atoms with E-state index in [9.17, 15) is 4.79 Å². The highest BCUT2D eigenvalue weighted by atomic mass is 32.1. The van der Waals surface area contributed by atoms with Crippen LogP contribution < -0.4 is 14.8 Å². The zero-order valence-electron chi connectivity index (χ0n) is 16.2. The lowest BCUT2D eigenvalue weighted by molar-refractivity contribution is 0.103. The molecule has 4 aromatic rings. The number of aryl methyl sites for hydroxylation is 2. The standard InChI is InChI=1S/C21H19N3O3S2/c1-12-7-9-14(10-8-12)27-11-17-22-13(2)19(29-17)20(25)24-21-23-18-15(26-3)5-4-6-16(18)28-21/h4-10H,11H2,1-3H3,(H,23,24,25). The van der Waals surface area contributed by atoms with E-state index in [0.717, 1.165) is 21.0 Å². The third-order valence-corrected chi connectivity index (χ3v) is 6.32. The SMILES string of the molecule is COc1cccc2sc(NC(=O)c3sc(COc4ccc(C)cc4)nc3C)nc12. The molecule has 0 spiro atoms. The molecule has 29 heavy (non-hydrogen) atoms. The first-order valence-corrected chi connectivity index (χ1v) is 10.6. The molecule has 0 radical (unpaired) electrons. The van der Waals surface area contributed by atoms with E-state index in [1.54, 1.807) is 7.11 Å². The fourth-order valence-corrected chi connectivity index (χ4v) is 4.55. The van der Waals surface area contributed by atoms with Crippen molar-refractivity contribution in [2.45, 2.75) is 20.5 Å². The molecule has 2 heterocycles. The van der Waals surface area contributed by atoms with Crippen LogP contribution in [0.15, 0.2) is 42.5 Å². The highest BCUT2D eigenvalue weighted by Crippen LogP contribution is 2.32. The highest BCUT2D eigenvalue weighted by molar-refractivity contribution is 7.22. The molecule has 0 aliphatic heterocycles. The number of carbonyl (C=O) groups is 1. The Hall–Kier alpha value is -2.97. The van der Waals surface area contributed by atoms with E-state index in [-0.39, 0.29) is 5.91 Å². The van der Waals surface area contributed by atoms with E-state index in [2.05, 4.69) is 15.3 Å². The van der Waals surface area contributed by atoms with Crippen molar-refractivity contribution in [3.05, 3.63) is 63.6 Å². The maximum absolute atomic E-state index is 12.7. The largest absolute Gasteiger partial charge is 0.494 e. The van der Waals surface area contributed by atoms with Gasteiger partial charge in [-0.05, 0) is 38.1 Å². The summed E-state index contributed by atoms with van der Waals surface area (Å²) in [7, 11) is 1.60. The lowest BCUT2D eigenvalue weighted by atomic mass is 10.2. The Bertz CT molecular complexity index is 1170. The lowest BCUT2D eigenvalue weighted by Crippen LogP contribution is -2.11. The minimum absolute atomic E-state index is 0.223. The molecule has 4 rings (SSSR count). The molecule has 1 amide bonds. The summed E-state index contributed by atoms with van der Waals surface area (Å²) >= 11 is 2.74. The summed E-state index contributed by atoms with van der Waals surface area (Å²) in [6.45, 7) is 4.17. The van der Waals surface area contributed by atoms with Gasteiger partial charge in [-0.25, -0.2) is 9.97 Å². The average Bonchev–Trinajstić information content (AvgIpc) is 3.29. The molecular weight excluding hydrogens is 406 g/mol. The van der Waals surface area contributed by atoms with Gasteiger partial charge in [0.25, 0.3) is 5.91 Å². The first-order chi connectivity index (χ1) is 14.0.